The number of nitrogens with zero attached hydrogens (tertiary/aromatic N) is 3. The van der Waals surface area contributed by atoms with Crippen LogP contribution in [-0.4, -0.2) is 38.9 Å². The Bertz CT molecular complexity index is 953. The topological polar surface area (TPSA) is 46.1 Å². The van der Waals surface area contributed by atoms with Gasteiger partial charge in [-0.15, -0.1) is 11.3 Å². The zero-order chi connectivity index (χ0) is 18.8. The monoisotopic (exact) mass is 400 g/mol. The van der Waals surface area contributed by atoms with Crippen LogP contribution in [0.3, 0.4) is 0 Å². The number of benzene rings is 1. The molecule has 27 heavy (non-hydrogen) atoms. The van der Waals surface area contributed by atoms with Crippen LogP contribution in [0, 0.1) is 18.6 Å². The van der Waals surface area contributed by atoms with Gasteiger partial charge in [0.15, 0.2) is 5.82 Å². The fourth-order valence-electron chi connectivity index (χ4n) is 3.36. The quantitative estimate of drug-likeness (QED) is 0.626. The average Bonchev–Trinajstić information content (AvgIpc) is 3.30. The van der Waals surface area contributed by atoms with Gasteiger partial charge in [-0.1, -0.05) is 18.2 Å². The fraction of sp³-hybridized carbons (Fsp3) is 0.400. The van der Waals surface area contributed by atoms with E-state index < -0.39 is 0 Å². The van der Waals surface area contributed by atoms with Crippen molar-refractivity contribution in [1.82, 2.24) is 19.7 Å². The Kier molecular flexibility index (Phi) is 5.43. The van der Waals surface area contributed by atoms with Gasteiger partial charge in [0.1, 0.15) is 11.9 Å². The molecule has 0 atom stereocenters. The number of aromatic amines is 1. The molecule has 3 aromatic rings. The van der Waals surface area contributed by atoms with E-state index in [-0.39, 0.29) is 6.10 Å². The van der Waals surface area contributed by atoms with Crippen LogP contribution in [0.25, 0.3) is 10.7 Å². The van der Waals surface area contributed by atoms with Gasteiger partial charge in [-0.3, -0.25) is 10.00 Å². The molecule has 142 valence electrons. The number of nitrogens with one attached hydrogen (secondary N) is 1. The van der Waals surface area contributed by atoms with E-state index in [4.69, 9.17) is 17.0 Å². The van der Waals surface area contributed by atoms with Crippen LogP contribution >= 0.6 is 23.6 Å². The van der Waals surface area contributed by atoms with Gasteiger partial charge in [0.25, 0.3) is 0 Å². The highest BCUT2D eigenvalue weighted by molar-refractivity contribution is 7.71. The highest BCUT2D eigenvalue weighted by Gasteiger charge is 2.22. The first-order chi connectivity index (χ1) is 13.1. The molecule has 0 spiro atoms. The number of likely N-dealkylation sites (tertiary alicyclic amines) is 1. The third-order valence-electron chi connectivity index (χ3n) is 4.95. The van der Waals surface area contributed by atoms with Crippen molar-refractivity contribution in [3.63, 3.8) is 0 Å². The first kappa shape index (κ1) is 18.4. The van der Waals surface area contributed by atoms with Gasteiger partial charge in [0, 0.05) is 13.1 Å². The van der Waals surface area contributed by atoms with Crippen LogP contribution < -0.4 is 4.74 Å². The average molecular weight is 401 g/mol. The molecular formula is C20H24N4OS2. The van der Waals surface area contributed by atoms with Crippen molar-refractivity contribution >= 4 is 23.6 Å². The van der Waals surface area contributed by atoms with E-state index in [0.717, 1.165) is 49.1 Å². The fourth-order valence-corrected chi connectivity index (χ4v) is 4.22. The lowest BCUT2D eigenvalue weighted by Crippen LogP contribution is -2.39. The molecule has 0 radical (unpaired) electrons. The summed E-state index contributed by atoms with van der Waals surface area (Å²) >= 11 is 7.09. The van der Waals surface area contributed by atoms with Crippen LogP contribution in [0.15, 0.2) is 35.7 Å². The van der Waals surface area contributed by atoms with Gasteiger partial charge in [0.05, 0.1) is 11.5 Å². The summed E-state index contributed by atoms with van der Waals surface area (Å²) in [5.74, 6) is 1.87. The summed E-state index contributed by atoms with van der Waals surface area (Å²) in [7, 11) is 0. The van der Waals surface area contributed by atoms with Crippen LogP contribution in [0.2, 0.25) is 0 Å². The SMILES string of the molecule is Cc1ccc(C)c(OC2CCN(Cn3[nH]c(-c4cccs4)nc3=S)CC2)c1. The molecule has 1 aliphatic rings. The van der Waals surface area contributed by atoms with Gasteiger partial charge in [-0.2, -0.15) is 4.98 Å². The second-order valence-electron chi connectivity index (χ2n) is 7.11. The number of thiophene rings is 1. The Morgan fingerprint density at radius 3 is 2.81 bits per heavy atom. The predicted molar refractivity (Wildman–Crippen MR) is 112 cm³/mol. The summed E-state index contributed by atoms with van der Waals surface area (Å²) in [6.45, 7) is 6.94. The number of piperidine rings is 1. The zero-order valence-corrected chi connectivity index (χ0v) is 17.3. The minimum Gasteiger partial charge on any atom is -0.490 e. The Hall–Kier alpha value is -1.96. The van der Waals surface area contributed by atoms with E-state index in [1.165, 1.54) is 11.1 Å². The van der Waals surface area contributed by atoms with Crippen molar-refractivity contribution in [2.75, 3.05) is 13.1 Å². The minimum atomic E-state index is 0.276. The molecule has 4 rings (SSSR count). The second-order valence-corrected chi connectivity index (χ2v) is 8.42. The normalized spacial score (nSPS) is 15.9. The van der Waals surface area contributed by atoms with Gasteiger partial charge in [0.2, 0.25) is 4.77 Å². The standard InChI is InChI=1S/C20H24N4OS2/c1-14-5-6-15(2)17(12-14)25-16-7-9-23(10-8-16)13-24-20(26)21-19(22-24)18-4-3-11-27-18/h3-6,11-12,16H,7-10,13H2,1-2H3,(H,21,22,26). The lowest BCUT2D eigenvalue weighted by Gasteiger charge is -2.32. The van der Waals surface area contributed by atoms with Crippen molar-refractivity contribution in [2.24, 2.45) is 0 Å². The van der Waals surface area contributed by atoms with Gasteiger partial charge in [-0.05, 0) is 67.5 Å². The van der Waals surface area contributed by atoms with Crippen molar-refractivity contribution in [2.45, 2.75) is 39.5 Å². The Morgan fingerprint density at radius 2 is 2.07 bits per heavy atom. The second kappa shape index (κ2) is 7.96. The Balaban J connectivity index is 1.35. The number of hydrogen-bond acceptors (Lipinski definition) is 5. The van der Waals surface area contributed by atoms with Gasteiger partial charge < -0.3 is 4.74 Å². The van der Waals surface area contributed by atoms with Crippen molar-refractivity contribution in [3.05, 3.63) is 51.6 Å². The van der Waals surface area contributed by atoms with Crippen LogP contribution in [-0.2, 0) is 6.67 Å². The number of aromatic nitrogens is 3. The predicted octanol–water partition coefficient (Wildman–Crippen LogP) is 4.79. The maximum Gasteiger partial charge on any atom is 0.217 e. The van der Waals surface area contributed by atoms with E-state index in [9.17, 15) is 0 Å². The highest BCUT2D eigenvalue weighted by Crippen LogP contribution is 2.24. The molecule has 1 aromatic carbocycles. The van der Waals surface area contributed by atoms with E-state index in [2.05, 4.69) is 53.1 Å². The van der Waals surface area contributed by atoms with Crippen molar-refractivity contribution in [3.8, 4) is 16.5 Å². The molecule has 2 aromatic heterocycles. The molecule has 0 aliphatic carbocycles. The lowest BCUT2D eigenvalue weighted by molar-refractivity contribution is 0.0798. The number of hydrogen-bond donors (Lipinski definition) is 1. The summed E-state index contributed by atoms with van der Waals surface area (Å²) < 4.78 is 8.83. The summed E-state index contributed by atoms with van der Waals surface area (Å²) in [4.78, 5) is 8.00. The Morgan fingerprint density at radius 1 is 1.26 bits per heavy atom. The van der Waals surface area contributed by atoms with Gasteiger partial charge in [-0.25, -0.2) is 4.68 Å². The molecule has 7 heteroatoms. The van der Waals surface area contributed by atoms with E-state index in [1.807, 2.05) is 16.1 Å². The van der Waals surface area contributed by atoms with Crippen molar-refractivity contribution in [1.29, 1.82) is 0 Å². The van der Waals surface area contributed by atoms with E-state index in [1.54, 1.807) is 11.3 Å². The summed E-state index contributed by atoms with van der Waals surface area (Å²) in [6, 6.07) is 10.5. The molecule has 0 unspecified atom stereocenters. The molecule has 0 bridgehead atoms. The Labute approximate surface area is 168 Å². The number of H-pyrrole nitrogens is 1. The third kappa shape index (κ3) is 4.31. The molecule has 1 aliphatic heterocycles. The van der Waals surface area contributed by atoms with Crippen LogP contribution in [0.5, 0.6) is 5.75 Å². The molecule has 5 nitrogen and oxygen atoms in total. The minimum absolute atomic E-state index is 0.276. The van der Waals surface area contributed by atoms with Crippen molar-refractivity contribution < 1.29 is 4.74 Å². The molecule has 1 saturated heterocycles. The summed E-state index contributed by atoms with van der Waals surface area (Å²) in [5, 5.41) is 5.38. The van der Waals surface area contributed by atoms with E-state index >= 15 is 0 Å². The molecule has 0 saturated carbocycles. The van der Waals surface area contributed by atoms with Gasteiger partial charge >= 0.3 is 0 Å². The van der Waals surface area contributed by atoms with E-state index in [0.29, 0.717) is 4.77 Å². The smallest absolute Gasteiger partial charge is 0.217 e. The van der Waals surface area contributed by atoms with Crippen LogP contribution in [0.4, 0.5) is 0 Å². The maximum absolute atomic E-state index is 6.27. The number of ether oxygens (including phenoxy) is 1. The highest BCUT2D eigenvalue weighted by atomic mass is 32.1. The number of aryl methyl sites for hydroxylation is 2. The summed E-state index contributed by atoms with van der Waals surface area (Å²) in [6.07, 6.45) is 2.32. The molecule has 1 N–H and O–H groups in total. The lowest BCUT2D eigenvalue weighted by atomic mass is 10.1. The maximum atomic E-state index is 6.27. The molecular weight excluding hydrogens is 376 g/mol. The first-order valence-corrected chi connectivity index (χ1v) is 10.5. The van der Waals surface area contributed by atoms with Crippen LogP contribution in [0.1, 0.15) is 24.0 Å². The first-order valence-electron chi connectivity index (χ1n) is 9.25. The zero-order valence-electron chi connectivity index (χ0n) is 15.6. The summed E-state index contributed by atoms with van der Waals surface area (Å²) in [5.41, 5.74) is 2.44. The number of rotatable bonds is 5. The third-order valence-corrected chi connectivity index (χ3v) is 6.14. The molecule has 3 heterocycles. The largest absolute Gasteiger partial charge is 0.490 e. The molecule has 1 fully saturated rings. The molecule has 0 amide bonds.